The van der Waals surface area contributed by atoms with E-state index in [0.29, 0.717) is 12.1 Å². The summed E-state index contributed by atoms with van der Waals surface area (Å²) in [7, 11) is 4.15. The van der Waals surface area contributed by atoms with Crippen molar-refractivity contribution in [2.45, 2.75) is 37.8 Å². The minimum Gasteiger partial charge on any atom is -0.371 e. The minimum atomic E-state index is 0.559. The number of rotatable bonds is 3. The van der Waals surface area contributed by atoms with Crippen LogP contribution in [-0.2, 0) is 0 Å². The van der Waals surface area contributed by atoms with Gasteiger partial charge in [0.25, 0.3) is 0 Å². The van der Waals surface area contributed by atoms with Crippen LogP contribution in [0.4, 0.5) is 5.69 Å². The smallest absolute Gasteiger partial charge is 0.101 e. The zero-order valence-corrected chi connectivity index (χ0v) is 11.2. The van der Waals surface area contributed by atoms with Crippen LogP contribution in [0.15, 0.2) is 24.3 Å². The first kappa shape index (κ1) is 12.9. The van der Waals surface area contributed by atoms with Crippen molar-refractivity contribution in [3.8, 4) is 6.07 Å². The molecule has 0 aromatic heterocycles. The predicted molar refractivity (Wildman–Crippen MR) is 74.7 cm³/mol. The van der Waals surface area contributed by atoms with Crippen molar-refractivity contribution < 1.29 is 0 Å². The Hall–Kier alpha value is -1.53. The molecule has 1 fully saturated rings. The first-order valence-corrected chi connectivity index (χ1v) is 6.65. The van der Waals surface area contributed by atoms with E-state index in [2.05, 4.69) is 23.3 Å². The van der Waals surface area contributed by atoms with Gasteiger partial charge in [0, 0.05) is 19.1 Å². The molecule has 3 nitrogen and oxygen atoms in total. The summed E-state index contributed by atoms with van der Waals surface area (Å²) < 4.78 is 0. The maximum absolute atomic E-state index is 9.16. The molecule has 18 heavy (non-hydrogen) atoms. The maximum Gasteiger partial charge on any atom is 0.101 e. The predicted octanol–water partition coefficient (Wildman–Crippen LogP) is 2.53. The normalized spacial score (nSPS) is 23.4. The Labute approximate surface area is 109 Å². The van der Waals surface area contributed by atoms with Crippen molar-refractivity contribution >= 4 is 5.69 Å². The highest BCUT2D eigenvalue weighted by Crippen LogP contribution is 2.28. The molecule has 0 spiro atoms. The SMILES string of the molecule is CNC1CCC(N(C)c2ccccc2C#N)CC1. The van der Waals surface area contributed by atoms with E-state index in [1.165, 1.54) is 25.7 Å². The lowest BCUT2D eigenvalue weighted by Crippen LogP contribution is -2.40. The van der Waals surface area contributed by atoms with Crippen molar-refractivity contribution in [2.75, 3.05) is 19.0 Å². The molecule has 1 aromatic carbocycles. The quantitative estimate of drug-likeness (QED) is 0.886. The first-order chi connectivity index (χ1) is 8.76. The standard InChI is InChI=1S/C15H21N3/c1-17-13-7-9-14(10-8-13)18(2)15-6-4-3-5-12(15)11-16/h3-6,13-14,17H,7-10H2,1-2H3. The molecule has 0 radical (unpaired) electrons. The molecule has 2 rings (SSSR count). The molecule has 0 atom stereocenters. The molecule has 1 aromatic rings. The maximum atomic E-state index is 9.16. The van der Waals surface area contributed by atoms with E-state index in [4.69, 9.17) is 5.26 Å². The summed E-state index contributed by atoms with van der Waals surface area (Å²) in [5.74, 6) is 0. The number of nitriles is 1. The van der Waals surface area contributed by atoms with E-state index in [1.54, 1.807) is 0 Å². The number of anilines is 1. The van der Waals surface area contributed by atoms with Crippen LogP contribution >= 0.6 is 0 Å². The third-order valence-corrected chi connectivity index (χ3v) is 4.06. The molecule has 1 aliphatic rings. The molecule has 0 aliphatic heterocycles. The summed E-state index contributed by atoms with van der Waals surface area (Å²) in [6.45, 7) is 0. The van der Waals surface area contributed by atoms with Gasteiger partial charge in [-0.05, 0) is 44.9 Å². The van der Waals surface area contributed by atoms with Crippen LogP contribution in [0.5, 0.6) is 0 Å². The highest BCUT2D eigenvalue weighted by Gasteiger charge is 2.24. The summed E-state index contributed by atoms with van der Waals surface area (Å²) in [5, 5.41) is 12.5. The molecule has 1 saturated carbocycles. The zero-order valence-electron chi connectivity index (χ0n) is 11.2. The van der Waals surface area contributed by atoms with Crippen molar-refractivity contribution in [3.05, 3.63) is 29.8 Å². The zero-order chi connectivity index (χ0) is 13.0. The average Bonchev–Trinajstić information content (AvgIpc) is 2.46. The summed E-state index contributed by atoms with van der Waals surface area (Å²) in [6, 6.07) is 11.4. The lowest BCUT2D eigenvalue weighted by Gasteiger charge is -2.36. The molecule has 0 unspecified atom stereocenters. The van der Waals surface area contributed by atoms with Gasteiger partial charge in [-0.1, -0.05) is 12.1 Å². The van der Waals surface area contributed by atoms with Crippen LogP contribution in [0.1, 0.15) is 31.2 Å². The average molecular weight is 243 g/mol. The molecule has 96 valence electrons. The van der Waals surface area contributed by atoms with E-state index in [1.807, 2.05) is 31.3 Å². The van der Waals surface area contributed by atoms with E-state index in [9.17, 15) is 0 Å². The molecule has 0 bridgehead atoms. The second-order valence-corrected chi connectivity index (χ2v) is 5.03. The molecule has 1 N–H and O–H groups in total. The molecule has 1 aliphatic carbocycles. The lowest BCUT2D eigenvalue weighted by molar-refractivity contribution is 0.351. The molecule has 0 amide bonds. The highest BCUT2D eigenvalue weighted by molar-refractivity contribution is 5.59. The van der Waals surface area contributed by atoms with Gasteiger partial charge in [-0.15, -0.1) is 0 Å². The number of benzene rings is 1. The number of nitrogens with zero attached hydrogens (tertiary/aromatic N) is 2. The van der Waals surface area contributed by atoms with Gasteiger partial charge < -0.3 is 10.2 Å². The topological polar surface area (TPSA) is 39.1 Å². The summed E-state index contributed by atoms with van der Waals surface area (Å²) in [5.41, 5.74) is 1.84. The van der Waals surface area contributed by atoms with Gasteiger partial charge in [0.1, 0.15) is 6.07 Å². The monoisotopic (exact) mass is 243 g/mol. The van der Waals surface area contributed by atoms with Crippen molar-refractivity contribution in [3.63, 3.8) is 0 Å². The van der Waals surface area contributed by atoms with Crippen LogP contribution in [0, 0.1) is 11.3 Å². The highest BCUT2D eigenvalue weighted by atomic mass is 15.1. The van der Waals surface area contributed by atoms with E-state index in [-0.39, 0.29) is 0 Å². The van der Waals surface area contributed by atoms with E-state index < -0.39 is 0 Å². The Kier molecular flexibility index (Phi) is 4.22. The Balaban J connectivity index is 2.08. The Morgan fingerprint density at radius 2 is 1.89 bits per heavy atom. The second-order valence-electron chi connectivity index (χ2n) is 5.03. The summed E-state index contributed by atoms with van der Waals surface area (Å²) >= 11 is 0. The summed E-state index contributed by atoms with van der Waals surface area (Å²) in [6.07, 6.45) is 4.84. The van der Waals surface area contributed by atoms with Crippen LogP contribution < -0.4 is 10.2 Å². The van der Waals surface area contributed by atoms with Crippen molar-refractivity contribution in [1.82, 2.24) is 5.32 Å². The fourth-order valence-corrected chi connectivity index (χ4v) is 2.82. The van der Waals surface area contributed by atoms with Crippen LogP contribution in [0.25, 0.3) is 0 Å². The van der Waals surface area contributed by atoms with Crippen LogP contribution in [0.3, 0.4) is 0 Å². The lowest BCUT2D eigenvalue weighted by atomic mass is 9.90. The molecular weight excluding hydrogens is 222 g/mol. The molecule has 0 saturated heterocycles. The van der Waals surface area contributed by atoms with E-state index in [0.717, 1.165) is 11.3 Å². The fourth-order valence-electron chi connectivity index (χ4n) is 2.82. The molecular formula is C15H21N3. The Bertz CT molecular complexity index is 428. The fraction of sp³-hybridized carbons (Fsp3) is 0.533. The summed E-state index contributed by atoms with van der Waals surface area (Å²) in [4.78, 5) is 2.28. The van der Waals surface area contributed by atoms with Gasteiger partial charge in [-0.3, -0.25) is 0 Å². The second kappa shape index (κ2) is 5.88. The van der Waals surface area contributed by atoms with Gasteiger partial charge in [0.2, 0.25) is 0 Å². The first-order valence-electron chi connectivity index (χ1n) is 6.65. The Morgan fingerprint density at radius 3 is 2.50 bits per heavy atom. The van der Waals surface area contributed by atoms with Gasteiger partial charge in [0.05, 0.1) is 11.3 Å². The minimum absolute atomic E-state index is 0.559. The molecule has 0 heterocycles. The van der Waals surface area contributed by atoms with Gasteiger partial charge in [0.15, 0.2) is 0 Å². The molecule has 3 heteroatoms. The van der Waals surface area contributed by atoms with E-state index >= 15 is 0 Å². The Morgan fingerprint density at radius 1 is 1.22 bits per heavy atom. The van der Waals surface area contributed by atoms with Gasteiger partial charge in [-0.2, -0.15) is 5.26 Å². The largest absolute Gasteiger partial charge is 0.371 e. The van der Waals surface area contributed by atoms with Gasteiger partial charge in [-0.25, -0.2) is 0 Å². The number of para-hydroxylation sites is 1. The number of hydrogen-bond acceptors (Lipinski definition) is 3. The van der Waals surface area contributed by atoms with Crippen LogP contribution in [-0.4, -0.2) is 26.2 Å². The van der Waals surface area contributed by atoms with Crippen molar-refractivity contribution in [1.29, 1.82) is 5.26 Å². The van der Waals surface area contributed by atoms with Crippen LogP contribution in [0.2, 0.25) is 0 Å². The third kappa shape index (κ3) is 2.65. The third-order valence-electron chi connectivity index (χ3n) is 4.06. The number of nitrogens with one attached hydrogen (secondary N) is 1. The number of hydrogen-bond donors (Lipinski definition) is 1. The van der Waals surface area contributed by atoms with Gasteiger partial charge >= 0.3 is 0 Å². The van der Waals surface area contributed by atoms with Crippen molar-refractivity contribution in [2.24, 2.45) is 0 Å².